The highest BCUT2D eigenvalue weighted by molar-refractivity contribution is 6.08. The lowest BCUT2D eigenvalue weighted by atomic mass is 9.98. The van der Waals surface area contributed by atoms with Gasteiger partial charge in [-0.15, -0.1) is 0 Å². The molecule has 0 atom stereocenters. The summed E-state index contributed by atoms with van der Waals surface area (Å²) in [6.45, 7) is 0.385. The molecule has 0 aliphatic rings. The minimum Gasteiger partial charge on any atom is -0.478 e. The first-order valence-electron chi connectivity index (χ1n) is 12.5. The summed E-state index contributed by atoms with van der Waals surface area (Å²) in [5.41, 5.74) is 3.62. The molecule has 1 aromatic heterocycles. The van der Waals surface area contributed by atoms with E-state index in [1.807, 2.05) is 22.8 Å². The van der Waals surface area contributed by atoms with Gasteiger partial charge >= 0.3 is 12.1 Å². The second kappa shape index (κ2) is 11.0. The smallest absolute Gasteiger partial charge is 0.416 e. The molecule has 5 rings (SSSR count). The second-order valence-corrected chi connectivity index (χ2v) is 9.48. The minimum absolute atomic E-state index is 0.134. The normalized spacial score (nSPS) is 11.3. The van der Waals surface area contributed by atoms with Crippen LogP contribution in [0.3, 0.4) is 0 Å². The van der Waals surface area contributed by atoms with E-state index in [1.54, 1.807) is 42.6 Å². The highest BCUT2D eigenvalue weighted by Crippen LogP contribution is 2.31. The Morgan fingerprint density at radius 2 is 1.59 bits per heavy atom. The van der Waals surface area contributed by atoms with E-state index >= 15 is 0 Å². The van der Waals surface area contributed by atoms with Crippen LogP contribution in [0.15, 0.2) is 97.2 Å². The predicted octanol–water partition coefficient (Wildman–Crippen LogP) is 6.88. The van der Waals surface area contributed by atoms with Gasteiger partial charge in [-0.05, 0) is 76.9 Å². The van der Waals surface area contributed by atoms with Crippen LogP contribution in [0.25, 0.3) is 22.0 Å². The predicted molar refractivity (Wildman–Crippen MR) is 147 cm³/mol. The van der Waals surface area contributed by atoms with Crippen LogP contribution in [-0.4, -0.2) is 21.6 Å². The molecular weight excluding hydrogens is 531 g/mol. The number of aromatic carboxylic acids is 1. The first kappa shape index (κ1) is 27.2. The number of alkyl halides is 3. The molecule has 0 saturated heterocycles. The van der Waals surface area contributed by atoms with E-state index in [9.17, 15) is 28.0 Å². The molecule has 1 amide bonds. The Morgan fingerprint density at radius 3 is 2.24 bits per heavy atom. The molecule has 5 aromatic rings. The Balaban J connectivity index is 1.52. The van der Waals surface area contributed by atoms with Crippen molar-refractivity contribution in [2.24, 2.45) is 0 Å². The molecule has 0 aliphatic heterocycles. The van der Waals surface area contributed by atoms with Crippen LogP contribution in [0.4, 0.5) is 13.2 Å². The number of hydrogen-bond donors (Lipinski definition) is 2. The Morgan fingerprint density at radius 1 is 0.878 bits per heavy atom. The molecule has 1 heterocycles. The van der Waals surface area contributed by atoms with Crippen molar-refractivity contribution < 1.29 is 27.9 Å². The molecule has 0 bridgehead atoms. The number of fused-ring (bicyclic) bond motifs is 1. The summed E-state index contributed by atoms with van der Waals surface area (Å²) in [5.74, 6) is -1.43. The summed E-state index contributed by atoms with van der Waals surface area (Å²) >= 11 is 0. The summed E-state index contributed by atoms with van der Waals surface area (Å²) in [5, 5.41) is 22.1. The van der Waals surface area contributed by atoms with Gasteiger partial charge in [0.15, 0.2) is 0 Å². The van der Waals surface area contributed by atoms with Crippen LogP contribution >= 0.6 is 0 Å². The van der Waals surface area contributed by atoms with E-state index in [2.05, 4.69) is 11.4 Å². The zero-order valence-electron chi connectivity index (χ0n) is 21.4. The van der Waals surface area contributed by atoms with Gasteiger partial charge in [0.05, 0.1) is 33.8 Å². The zero-order valence-corrected chi connectivity index (χ0v) is 21.4. The lowest BCUT2D eigenvalue weighted by Gasteiger charge is -2.14. The van der Waals surface area contributed by atoms with Crippen molar-refractivity contribution in [2.45, 2.75) is 19.3 Å². The van der Waals surface area contributed by atoms with Crippen molar-refractivity contribution in [3.05, 3.63) is 131 Å². The van der Waals surface area contributed by atoms with E-state index in [-0.39, 0.29) is 24.6 Å². The highest BCUT2D eigenvalue weighted by atomic mass is 19.4. The van der Waals surface area contributed by atoms with Crippen molar-refractivity contribution in [3.8, 4) is 17.2 Å². The third kappa shape index (κ3) is 5.97. The number of carboxylic acids is 1. The molecule has 0 saturated carbocycles. The van der Waals surface area contributed by atoms with Gasteiger partial charge in [0.2, 0.25) is 0 Å². The monoisotopic (exact) mass is 553 g/mol. The maximum Gasteiger partial charge on any atom is 0.416 e. The SMILES string of the molecule is N#Cc1cccc(-c2cc(C(=O)NCc3ccc(C(=O)O)cc3)c3c(ccn3Cc3ccc(C(F)(F)F)cc3)c2)c1. The highest BCUT2D eigenvalue weighted by Gasteiger charge is 2.30. The number of nitriles is 1. The Bertz CT molecular complexity index is 1800. The van der Waals surface area contributed by atoms with Crippen molar-refractivity contribution in [2.75, 3.05) is 0 Å². The summed E-state index contributed by atoms with van der Waals surface area (Å²) in [6, 6.07) is 25.6. The molecule has 41 heavy (non-hydrogen) atoms. The fraction of sp³-hybridized carbons (Fsp3) is 0.0938. The fourth-order valence-corrected chi connectivity index (χ4v) is 4.63. The summed E-state index contributed by atoms with van der Waals surface area (Å²) in [4.78, 5) is 24.7. The number of benzene rings is 4. The van der Waals surface area contributed by atoms with E-state index in [4.69, 9.17) is 5.11 Å². The van der Waals surface area contributed by atoms with E-state index < -0.39 is 17.7 Å². The molecule has 0 aliphatic carbocycles. The number of nitrogens with one attached hydrogen (secondary N) is 1. The molecule has 0 fully saturated rings. The Labute approximate surface area is 232 Å². The van der Waals surface area contributed by atoms with Crippen molar-refractivity contribution in [3.63, 3.8) is 0 Å². The van der Waals surface area contributed by atoms with Gasteiger partial charge in [-0.1, -0.05) is 36.4 Å². The molecule has 2 N–H and O–H groups in total. The number of aromatic nitrogens is 1. The first-order chi connectivity index (χ1) is 19.6. The molecular formula is C32H22F3N3O3. The largest absolute Gasteiger partial charge is 0.478 e. The molecule has 4 aromatic carbocycles. The van der Waals surface area contributed by atoms with E-state index in [0.717, 1.165) is 28.6 Å². The van der Waals surface area contributed by atoms with Crippen LogP contribution in [0.5, 0.6) is 0 Å². The van der Waals surface area contributed by atoms with Crippen molar-refractivity contribution >= 4 is 22.8 Å². The number of carbonyl (C=O) groups excluding carboxylic acids is 1. The van der Waals surface area contributed by atoms with Crippen molar-refractivity contribution in [1.29, 1.82) is 5.26 Å². The average Bonchev–Trinajstić information content (AvgIpc) is 3.38. The average molecular weight is 554 g/mol. The standard InChI is InChI=1S/C32H22F3N3O3/c33-32(34,35)27-10-6-21(7-11-27)19-38-13-12-25-15-26(24-3-1-2-22(14-24)17-36)16-28(29(25)38)30(39)37-18-20-4-8-23(9-5-20)31(40)41/h1-16H,18-19H2,(H,37,39)(H,40,41). The van der Waals surface area contributed by atoms with Crippen LogP contribution in [0.2, 0.25) is 0 Å². The van der Waals surface area contributed by atoms with Gasteiger partial charge in [-0.25, -0.2) is 4.79 Å². The van der Waals surface area contributed by atoms with Gasteiger partial charge < -0.3 is 15.0 Å². The van der Waals surface area contributed by atoms with Crippen molar-refractivity contribution in [1.82, 2.24) is 9.88 Å². The zero-order chi connectivity index (χ0) is 29.1. The topological polar surface area (TPSA) is 95.1 Å². The van der Waals surface area contributed by atoms with Gasteiger partial charge in [0.25, 0.3) is 5.91 Å². The van der Waals surface area contributed by atoms with Crippen LogP contribution in [-0.2, 0) is 19.3 Å². The number of rotatable bonds is 7. The Kier molecular flexibility index (Phi) is 7.32. The lowest BCUT2D eigenvalue weighted by molar-refractivity contribution is -0.137. The van der Waals surface area contributed by atoms with Gasteiger partial charge in [0.1, 0.15) is 0 Å². The lowest BCUT2D eigenvalue weighted by Crippen LogP contribution is -2.23. The number of amides is 1. The van der Waals surface area contributed by atoms with E-state index in [0.29, 0.717) is 27.8 Å². The molecule has 204 valence electrons. The van der Waals surface area contributed by atoms with Crippen LogP contribution in [0.1, 0.15) is 43.0 Å². The van der Waals surface area contributed by atoms with Crippen LogP contribution in [0, 0.1) is 11.3 Å². The van der Waals surface area contributed by atoms with Gasteiger partial charge in [-0.3, -0.25) is 4.79 Å². The molecule has 0 radical (unpaired) electrons. The number of hydrogen-bond acceptors (Lipinski definition) is 3. The third-order valence-electron chi connectivity index (χ3n) is 6.72. The second-order valence-electron chi connectivity index (χ2n) is 9.48. The molecule has 0 unspecified atom stereocenters. The minimum atomic E-state index is -4.43. The molecule has 9 heteroatoms. The summed E-state index contributed by atoms with van der Waals surface area (Å²) in [7, 11) is 0. The quantitative estimate of drug-likeness (QED) is 0.230. The number of carbonyl (C=O) groups is 2. The maximum atomic E-state index is 13.6. The fourth-order valence-electron chi connectivity index (χ4n) is 4.63. The van der Waals surface area contributed by atoms with Gasteiger partial charge in [-0.2, -0.15) is 18.4 Å². The third-order valence-corrected chi connectivity index (χ3v) is 6.72. The maximum absolute atomic E-state index is 13.6. The van der Waals surface area contributed by atoms with E-state index in [1.165, 1.54) is 24.3 Å². The molecule has 6 nitrogen and oxygen atoms in total. The summed E-state index contributed by atoms with van der Waals surface area (Å²) in [6.07, 6.45) is -2.66. The first-order valence-corrected chi connectivity index (χ1v) is 12.5. The number of nitrogens with zero attached hydrogens (tertiary/aromatic N) is 2. The van der Waals surface area contributed by atoms with Gasteiger partial charge in [0, 0.05) is 24.7 Å². The van der Waals surface area contributed by atoms with Crippen LogP contribution < -0.4 is 5.32 Å². The number of carboxylic acid groups (broad SMARTS) is 1. The summed E-state index contributed by atoms with van der Waals surface area (Å²) < 4.78 is 40.9. The molecule has 0 spiro atoms. The Hall–Kier alpha value is -5.36. The number of halogens is 3.